The van der Waals surface area contributed by atoms with E-state index in [0.717, 1.165) is 44.2 Å². The van der Waals surface area contributed by atoms with E-state index in [1.54, 1.807) is 0 Å². The molecule has 0 radical (unpaired) electrons. The zero-order valence-electron chi connectivity index (χ0n) is 13.4. The summed E-state index contributed by atoms with van der Waals surface area (Å²) in [5.41, 5.74) is 0.996. The molecule has 0 spiro atoms. The Morgan fingerprint density at radius 3 is 2.65 bits per heavy atom. The fourth-order valence-electron chi connectivity index (χ4n) is 2.75. The average Bonchev–Trinajstić information content (AvgIpc) is 2.97. The molecule has 6 nitrogen and oxygen atoms in total. The van der Waals surface area contributed by atoms with Crippen molar-refractivity contribution >= 4 is 0 Å². The molecular weight excluding hydrogens is 290 g/mol. The summed E-state index contributed by atoms with van der Waals surface area (Å²) >= 11 is 0. The molecule has 2 aromatic rings. The minimum absolute atomic E-state index is 0.0999. The smallest absolute Gasteiger partial charge is 0.181 e. The summed E-state index contributed by atoms with van der Waals surface area (Å²) in [6.07, 6.45) is 0. The van der Waals surface area contributed by atoms with Crippen LogP contribution in [0.2, 0.25) is 0 Å². The molecule has 2 heterocycles. The second kappa shape index (κ2) is 7.36. The number of rotatable bonds is 5. The number of aryl methyl sites for hydroxylation is 1. The Bertz CT molecular complexity index is 670. The van der Waals surface area contributed by atoms with Gasteiger partial charge < -0.3 is 4.74 Å². The first kappa shape index (κ1) is 15.7. The Morgan fingerprint density at radius 2 is 1.96 bits per heavy atom. The summed E-state index contributed by atoms with van der Waals surface area (Å²) in [5, 5.41) is 14.0. The maximum atomic E-state index is 9.46. The van der Waals surface area contributed by atoms with Gasteiger partial charge in [-0.1, -0.05) is 30.3 Å². The fourth-order valence-corrected chi connectivity index (χ4v) is 2.75. The van der Waals surface area contributed by atoms with E-state index >= 15 is 0 Å². The van der Waals surface area contributed by atoms with Crippen molar-refractivity contribution in [3.63, 3.8) is 0 Å². The molecule has 0 N–H and O–H groups in total. The molecule has 0 amide bonds. The van der Waals surface area contributed by atoms with Crippen LogP contribution in [0.25, 0.3) is 11.4 Å². The highest BCUT2D eigenvalue weighted by Crippen LogP contribution is 2.16. The highest BCUT2D eigenvalue weighted by molar-refractivity contribution is 5.53. The number of benzene rings is 1. The standard InChI is InChI=1S/C17H21N5O/c1-14-19-17(16-5-3-2-4-6-16)20-22(14)13-15(11-18)12-21-7-9-23-10-8-21/h2-6,15H,7-10,12-13H2,1H3. The minimum Gasteiger partial charge on any atom is -0.379 e. The quantitative estimate of drug-likeness (QED) is 0.841. The third-order valence-electron chi connectivity index (χ3n) is 4.05. The van der Waals surface area contributed by atoms with Gasteiger partial charge in [0, 0.05) is 25.2 Å². The molecule has 120 valence electrons. The van der Waals surface area contributed by atoms with Gasteiger partial charge in [0.25, 0.3) is 0 Å². The summed E-state index contributed by atoms with van der Waals surface area (Å²) in [6, 6.07) is 12.3. The molecule has 1 aliphatic rings. The van der Waals surface area contributed by atoms with E-state index in [-0.39, 0.29) is 5.92 Å². The highest BCUT2D eigenvalue weighted by Gasteiger charge is 2.19. The Balaban J connectivity index is 1.69. The number of ether oxygens (including phenoxy) is 1. The molecule has 1 unspecified atom stereocenters. The van der Waals surface area contributed by atoms with E-state index in [2.05, 4.69) is 21.1 Å². The molecule has 0 aliphatic carbocycles. The van der Waals surface area contributed by atoms with Crippen molar-refractivity contribution in [1.29, 1.82) is 5.26 Å². The van der Waals surface area contributed by atoms with Crippen LogP contribution in [0.3, 0.4) is 0 Å². The van der Waals surface area contributed by atoms with Crippen LogP contribution >= 0.6 is 0 Å². The van der Waals surface area contributed by atoms with Crippen molar-refractivity contribution in [1.82, 2.24) is 19.7 Å². The van der Waals surface area contributed by atoms with Gasteiger partial charge in [0.2, 0.25) is 0 Å². The first-order chi connectivity index (χ1) is 11.3. The Hall–Kier alpha value is -2.23. The van der Waals surface area contributed by atoms with Crippen molar-refractivity contribution in [2.75, 3.05) is 32.8 Å². The summed E-state index contributed by atoms with van der Waals surface area (Å²) in [7, 11) is 0. The number of hydrogen-bond acceptors (Lipinski definition) is 5. The molecule has 3 rings (SSSR count). The lowest BCUT2D eigenvalue weighted by Crippen LogP contribution is -2.40. The Morgan fingerprint density at radius 1 is 1.22 bits per heavy atom. The van der Waals surface area contributed by atoms with E-state index in [1.807, 2.05) is 41.9 Å². The third-order valence-corrected chi connectivity index (χ3v) is 4.05. The average molecular weight is 311 g/mol. The molecule has 23 heavy (non-hydrogen) atoms. The maximum absolute atomic E-state index is 9.46. The largest absolute Gasteiger partial charge is 0.379 e. The zero-order valence-corrected chi connectivity index (χ0v) is 13.4. The van der Waals surface area contributed by atoms with Crippen LogP contribution in [0, 0.1) is 24.2 Å². The number of nitrogens with zero attached hydrogens (tertiary/aromatic N) is 5. The normalized spacial score (nSPS) is 16.9. The molecule has 1 atom stereocenters. The lowest BCUT2D eigenvalue weighted by Gasteiger charge is -2.28. The van der Waals surface area contributed by atoms with E-state index < -0.39 is 0 Å². The molecule has 0 saturated carbocycles. The predicted octanol–water partition coefficient (Wildman–Crippen LogP) is 1.73. The summed E-state index contributed by atoms with van der Waals surface area (Å²) in [6.45, 7) is 6.53. The first-order valence-electron chi connectivity index (χ1n) is 7.93. The van der Waals surface area contributed by atoms with Gasteiger partial charge in [0.15, 0.2) is 5.82 Å². The van der Waals surface area contributed by atoms with Crippen molar-refractivity contribution in [2.24, 2.45) is 5.92 Å². The molecular formula is C17H21N5O. The van der Waals surface area contributed by atoms with Gasteiger partial charge in [-0.05, 0) is 6.92 Å². The molecule has 1 aromatic heterocycles. The number of morpholine rings is 1. The minimum atomic E-state index is -0.0999. The van der Waals surface area contributed by atoms with Crippen molar-refractivity contribution in [2.45, 2.75) is 13.5 Å². The highest BCUT2D eigenvalue weighted by atomic mass is 16.5. The van der Waals surface area contributed by atoms with Crippen molar-refractivity contribution in [3.05, 3.63) is 36.2 Å². The van der Waals surface area contributed by atoms with Crippen LogP contribution in [-0.2, 0) is 11.3 Å². The van der Waals surface area contributed by atoms with Crippen LogP contribution < -0.4 is 0 Å². The van der Waals surface area contributed by atoms with E-state index in [9.17, 15) is 5.26 Å². The van der Waals surface area contributed by atoms with Crippen molar-refractivity contribution in [3.8, 4) is 17.5 Å². The van der Waals surface area contributed by atoms with Gasteiger partial charge in [-0.25, -0.2) is 9.67 Å². The molecule has 1 aliphatic heterocycles. The lowest BCUT2D eigenvalue weighted by molar-refractivity contribution is 0.0327. The van der Waals surface area contributed by atoms with Gasteiger partial charge in [-0.2, -0.15) is 10.4 Å². The van der Waals surface area contributed by atoms with Crippen molar-refractivity contribution < 1.29 is 4.74 Å². The van der Waals surface area contributed by atoms with Gasteiger partial charge >= 0.3 is 0 Å². The Kier molecular flexibility index (Phi) is 5.01. The van der Waals surface area contributed by atoms with Crippen LogP contribution in [0.15, 0.2) is 30.3 Å². The second-order valence-electron chi connectivity index (χ2n) is 5.77. The number of hydrogen-bond donors (Lipinski definition) is 0. The van der Waals surface area contributed by atoms with Gasteiger partial charge in [-0.15, -0.1) is 0 Å². The second-order valence-corrected chi connectivity index (χ2v) is 5.77. The monoisotopic (exact) mass is 311 g/mol. The summed E-state index contributed by atoms with van der Waals surface area (Å²) in [5.74, 6) is 1.45. The number of nitriles is 1. The van der Waals surface area contributed by atoms with Crippen LogP contribution in [0.1, 0.15) is 5.82 Å². The van der Waals surface area contributed by atoms with E-state index in [1.165, 1.54) is 0 Å². The topological polar surface area (TPSA) is 67.0 Å². The van der Waals surface area contributed by atoms with E-state index in [4.69, 9.17) is 4.74 Å². The number of aromatic nitrogens is 3. The molecule has 1 saturated heterocycles. The predicted molar refractivity (Wildman–Crippen MR) is 86.6 cm³/mol. The molecule has 0 bridgehead atoms. The molecule has 1 aromatic carbocycles. The summed E-state index contributed by atoms with van der Waals surface area (Å²) < 4.78 is 7.20. The van der Waals surface area contributed by atoms with Crippen LogP contribution in [-0.4, -0.2) is 52.5 Å². The Labute approximate surface area is 136 Å². The first-order valence-corrected chi connectivity index (χ1v) is 7.93. The molecule has 6 heteroatoms. The third kappa shape index (κ3) is 3.95. The SMILES string of the molecule is Cc1nc(-c2ccccc2)nn1CC(C#N)CN1CCOCC1. The van der Waals surface area contributed by atoms with Crippen LogP contribution in [0.5, 0.6) is 0 Å². The maximum Gasteiger partial charge on any atom is 0.181 e. The van der Waals surface area contributed by atoms with Gasteiger partial charge in [0.05, 0.1) is 31.7 Å². The zero-order chi connectivity index (χ0) is 16.1. The fraction of sp³-hybridized carbons (Fsp3) is 0.471. The van der Waals surface area contributed by atoms with Gasteiger partial charge in [0.1, 0.15) is 5.82 Å². The van der Waals surface area contributed by atoms with Gasteiger partial charge in [-0.3, -0.25) is 4.90 Å². The molecule has 1 fully saturated rings. The van der Waals surface area contributed by atoms with E-state index in [0.29, 0.717) is 12.4 Å². The lowest BCUT2D eigenvalue weighted by atomic mass is 10.1. The summed E-state index contributed by atoms with van der Waals surface area (Å²) in [4.78, 5) is 6.80. The van der Waals surface area contributed by atoms with Crippen LogP contribution in [0.4, 0.5) is 0 Å².